The van der Waals surface area contributed by atoms with Gasteiger partial charge in [-0.3, -0.25) is 34.9 Å². The molecule has 0 aliphatic rings. The number of rotatable bonds is 8. The van der Waals surface area contributed by atoms with Crippen molar-refractivity contribution in [2.75, 3.05) is 0 Å². The Balaban J connectivity index is 0.000000178. The summed E-state index contributed by atoms with van der Waals surface area (Å²) in [7, 11) is 0.656. The number of azide groups is 4. The number of benzene rings is 6. The standard InChI is InChI=1S/C33H21N5.C10H7BrN2.C6H5BBrO2.C4H4N2.2N6/c1-3-7-30-25(5-1)26-6-2-4-8-31(26)38(30)24-13-14-32-27(19-24)28-20-34-16-15-33(28)37(32)23-11-9-22(10-12-23)29-21-35-17-18-36-29;11-9-3-1-8(2-4-9)10-7-12-5-6-13-10;8-5-1-3-6(4-2-5)10-7-9;1-2-6-4-3-5-1;2*1-3-5-6-4-2/h1-21H;1-7H;1-4,9H;1-4H;;. The number of hydrogen-bond acceptors (Lipinski definition) is 9. The van der Waals surface area contributed by atoms with Crippen LogP contribution in [0.15, 0.2) is 250 Å². The summed E-state index contributed by atoms with van der Waals surface area (Å²) >= 11 is 6.65. The molecule has 26 heteroatoms. The zero-order valence-corrected chi connectivity index (χ0v) is 44.0. The Morgan fingerprint density at radius 3 is 1.30 bits per heavy atom. The first-order valence-corrected chi connectivity index (χ1v) is 24.5. The minimum atomic E-state index is 0.616. The lowest BCUT2D eigenvalue weighted by Gasteiger charge is -2.11. The molecule has 0 fully saturated rings. The minimum Gasteiger partial charge on any atom is -0.537 e. The maximum Gasteiger partial charge on any atom is 0.569 e. The third-order valence-corrected chi connectivity index (χ3v) is 11.9. The molecule has 0 bridgehead atoms. The molecule has 1 radical (unpaired) electrons. The lowest BCUT2D eigenvalue weighted by atomic mass is 10.1. The van der Waals surface area contributed by atoms with Crippen molar-refractivity contribution in [3.63, 3.8) is 0 Å². The fourth-order valence-electron chi connectivity index (χ4n) is 7.67. The molecule has 1 N–H and O–H groups in total. The summed E-state index contributed by atoms with van der Waals surface area (Å²) in [5.74, 6) is 0.616. The Morgan fingerprint density at radius 1 is 0.418 bits per heavy atom. The maximum atomic E-state index is 8.23. The van der Waals surface area contributed by atoms with Gasteiger partial charge in [0.2, 0.25) is 0 Å². The van der Waals surface area contributed by atoms with Crippen molar-refractivity contribution in [1.82, 2.24) is 44.0 Å². The van der Waals surface area contributed by atoms with Crippen molar-refractivity contribution in [3.05, 3.63) is 271 Å². The molecule has 0 saturated heterocycles. The van der Waals surface area contributed by atoms with Crippen molar-refractivity contribution in [1.29, 1.82) is 0 Å². The first-order chi connectivity index (χ1) is 38.9. The van der Waals surface area contributed by atoms with Crippen LogP contribution in [0.5, 0.6) is 5.75 Å². The second-order valence-electron chi connectivity index (χ2n) is 15.3. The Kier molecular flexibility index (Phi) is 21.3. The number of halogens is 2. The van der Waals surface area contributed by atoms with E-state index in [0.29, 0.717) is 13.4 Å². The van der Waals surface area contributed by atoms with Crippen molar-refractivity contribution in [2.24, 2.45) is 20.9 Å². The van der Waals surface area contributed by atoms with E-state index in [2.05, 4.69) is 218 Å². The minimum absolute atomic E-state index is 0.616. The van der Waals surface area contributed by atoms with E-state index in [1.165, 1.54) is 27.2 Å². The van der Waals surface area contributed by atoms with Crippen LogP contribution in [0.25, 0.3) is 119 Å². The Labute approximate surface area is 465 Å². The number of aromatic nitrogens is 9. The van der Waals surface area contributed by atoms with Crippen molar-refractivity contribution in [3.8, 4) is 39.6 Å². The zero-order valence-electron chi connectivity index (χ0n) is 40.9. The fourth-order valence-corrected chi connectivity index (χ4v) is 8.20. The zero-order chi connectivity index (χ0) is 55.4. The van der Waals surface area contributed by atoms with Gasteiger partial charge in [-0.15, -0.1) is 11.1 Å². The van der Waals surface area contributed by atoms with Gasteiger partial charge in [-0.05, 0) is 84.9 Å². The van der Waals surface area contributed by atoms with Gasteiger partial charge in [0.25, 0.3) is 10.4 Å². The van der Waals surface area contributed by atoms with Crippen LogP contribution in [0, 0.1) is 0 Å². The molecule has 6 heterocycles. The average Bonchev–Trinajstić information content (AvgIpc) is 4.27. The van der Waals surface area contributed by atoms with E-state index in [1.54, 1.807) is 74.1 Å². The second-order valence-corrected chi connectivity index (χ2v) is 17.2. The molecule has 0 aliphatic carbocycles. The molecular weight excluding hydrogens is 1130 g/mol. The van der Waals surface area contributed by atoms with Crippen LogP contribution >= 0.6 is 31.9 Å². The molecule has 0 amide bonds. The van der Waals surface area contributed by atoms with Gasteiger partial charge in [0, 0.05) is 125 Å². The highest BCUT2D eigenvalue weighted by atomic mass is 79.9. The molecule has 6 aromatic carbocycles. The van der Waals surface area contributed by atoms with Crippen molar-refractivity contribution in [2.45, 2.75) is 0 Å². The van der Waals surface area contributed by atoms with E-state index in [4.69, 9.17) is 27.1 Å². The summed E-state index contributed by atoms with van der Waals surface area (Å²) < 4.78 is 11.4. The fraction of sp³-hybridized carbons (Fsp3) is 0. The van der Waals surface area contributed by atoms with Crippen LogP contribution < -0.4 is 4.65 Å². The smallest absolute Gasteiger partial charge is 0.537 e. The highest BCUT2D eigenvalue weighted by Crippen LogP contribution is 2.37. The van der Waals surface area contributed by atoms with Gasteiger partial charge >= 0.3 is 7.69 Å². The first kappa shape index (κ1) is 56.1. The molecule has 6 aromatic heterocycles. The largest absolute Gasteiger partial charge is 0.569 e. The van der Waals surface area contributed by atoms with Gasteiger partial charge in [-0.1, -0.05) is 104 Å². The second kappa shape index (κ2) is 30.0. The van der Waals surface area contributed by atoms with E-state index >= 15 is 0 Å². The molecule has 23 nitrogen and oxygen atoms in total. The number of hydrogen-bond donors (Lipinski definition) is 1. The van der Waals surface area contributed by atoms with Crippen molar-refractivity contribution >= 4 is 83.2 Å². The van der Waals surface area contributed by atoms with Crippen molar-refractivity contribution < 1.29 is 9.68 Å². The van der Waals surface area contributed by atoms with Gasteiger partial charge in [0.1, 0.15) is 5.75 Å². The topological polar surface area (TPSA) is 325 Å². The molecule has 0 spiro atoms. The van der Waals surface area contributed by atoms with Gasteiger partial charge in [-0.2, -0.15) is 9.82 Å². The van der Waals surface area contributed by atoms with E-state index in [0.717, 1.165) is 59.3 Å². The van der Waals surface area contributed by atoms with Gasteiger partial charge in [0.15, 0.2) is 0 Å². The normalized spacial score (nSPS) is 9.71. The highest BCUT2D eigenvalue weighted by Gasteiger charge is 2.16. The lowest BCUT2D eigenvalue weighted by Crippen LogP contribution is -1.98. The molecule has 12 aromatic rings. The molecule has 0 saturated carbocycles. The predicted octanol–water partition coefficient (Wildman–Crippen LogP) is 15.5. The van der Waals surface area contributed by atoms with Gasteiger partial charge < -0.3 is 18.8 Å². The summed E-state index contributed by atoms with van der Waals surface area (Å²) in [5.41, 5.74) is 40.3. The monoisotopic (exact) mass is 1170 g/mol. The average molecular weight is 1170 g/mol. The maximum absolute atomic E-state index is 8.23. The van der Waals surface area contributed by atoms with E-state index in [-0.39, 0.29) is 0 Å². The SMILES string of the molecule is Brc1ccc(-c2cnccn2)cc1.O[B]Oc1ccc(Br)cc1.[N-]=[N+]=NN=[N+]=[N-].[N-]=[N+]=NN=[N+]=[N-].c1ccc2c(c1)c1ccccc1n2-c1ccc2c(c1)c1cnccc1n2-c1ccc(-c2cnccn2)cc1.c1cnccn1. The van der Waals surface area contributed by atoms with Gasteiger partial charge in [0.05, 0.1) is 56.3 Å². The molecular formula is C53H37BBr2N21O2. The van der Waals surface area contributed by atoms with Gasteiger partial charge in [-0.25, -0.2) is 0 Å². The molecule has 383 valence electrons. The lowest BCUT2D eigenvalue weighted by molar-refractivity contribution is 0.454. The number of pyridine rings is 1. The van der Waals surface area contributed by atoms with E-state index in [1.807, 2.05) is 48.8 Å². The third kappa shape index (κ3) is 15.5. The highest BCUT2D eigenvalue weighted by molar-refractivity contribution is 9.10. The first-order valence-electron chi connectivity index (χ1n) is 22.9. The molecule has 0 unspecified atom stereocenters. The number of para-hydroxylation sites is 2. The number of nitrogens with zero attached hydrogens (tertiary/aromatic N) is 21. The summed E-state index contributed by atoms with van der Waals surface area (Å²) in [6.07, 6.45) is 20.7. The van der Waals surface area contributed by atoms with E-state index in [9.17, 15) is 0 Å². The van der Waals surface area contributed by atoms with E-state index < -0.39 is 0 Å². The molecule has 0 aliphatic heterocycles. The Hall–Kier alpha value is -10.7. The Morgan fingerprint density at radius 2 is 0.835 bits per heavy atom. The predicted molar refractivity (Wildman–Crippen MR) is 310 cm³/mol. The summed E-state index contributed by atoms with van der Waals surface area (Å²) in [5, 5.41) is 23.0. The molecule has 79 heavy (non-hydrogen) atoms. The number of fused-ring (bicyclic) bond motifs is 6. The molecule has 12 rings (SSSR count). The molecule has 0 atom stereocenters. The van der Waals surface area contributed by atoms with Crippen LogP contribution in [0.4, 0.5) is 0 Å². The van der Waals surface area contributed by atoms with Crippen LogP contribution in [0.1, 0.15) is 0 Å². The van der Waals surface area contributed by atoms with Crippen LogP contribution in [0.3, 0.4) is 0 Å². The summed E-state index contributed by atoms with van der Waals surface area (Å²) in [4.78, 5) is 37.3. The summed E-state index contributed by atoms with van der Waals surface area (Å²) in [6, 6.07) is 49.7. The third-order valence-electron chi connectivity index (χ3n) is 10.8. The van der Waals surface area contributed by atoms with Crippen LogP contribution in [-0.4, -0.2) is 56.7 Å². The Bertz CT molecular complexity index is 3940. The summed E-state index contributed by atoms with van der Waals surface area (Å²) in [6.45, 7) is 0. The van der Waals surface area contributed by atoms with Crippen LogP contribution in [-0.2, 0) is 0 Å². The van der Waals surface area contributed by atoms with Crippen LogP contribution in [0.2, 0.25) is 0 Å². The quantitative estimate of drug-likeness (QED) is 0.0496.